The zero-order valence-corrected chi connectivity index (χ0v) is 9.57. The maximum absolute atomic E-state index is 12.0. The largest absolute Gasteiger partial charge is 0.529 e. The molecular formula is C11H9N2O3S-. The summed E-state index contributed by atoms with van der Waals surface area (Å²) in [7, 11) is 0. The van der Waals surface area contributed by atoms with Crippen molar-refractivity contribution in [3.05, 3.63) is 47.0 Å². The second-order valence-electron chi connectivity index (χ2n) is 3.33. The van der Waals surface area contributed by atoms with Crippen LogP contribution in [0, 0.1) is 0 Å². The molecule has 1 aliphatic heterocycles. The lowest BCUT2D eigenvalue weighted by molar-refractivity contribution is -0.255. The minimum atomic E-state index is -1.39. The van der Waals surface area contributed by atoms with Crippen LogP contribution in [0.5, 0.6) is 0 Å². The summed E-state index contributed by atoms with van der Waals surface area (Å²) in [6.07, 6.45) is 0.0748. The fourth-order valence-corrected chi connectivity index (χ4v) is 2.26. The van der Waals surface area contributed by atoms with Gasteiger partial charge in [-0.2, -0.15) is 0 Å². The van der Waals surface area contributed by atoms with Crippen LogP contribution >= 0.6 is 11.8 Å². The topological polar surface area (TPSA) is 72.5 Å². The quantitative estimate of drug-likeness (QED) is 0.793. The third-order valence-corrected chi connectivity index (χ3v) is 3.14. The molecule has 0 spiro atoms. The Balaban J connectivity index is 2.09. The van der Waals surface area contributed by atoms with E-state index >= 15 is 0 Å². The molecule has 1 N–H and O–H groups in total. The van der Waals surface area contributed by atoms with Gasteiger partial charge in [0.15, 0.2) is 6.09 Å². The van der Waals surface area contributed by atoms with E-state index in [1.807, 2.05) is 6.07 Å². The first-order chi connectivity index (χ1) is 8.16. The van der Waals surface area contributed by atoms with E-state index in [-0.39, 0.29) is 5.78 Å². The molecular weight excluding hydrogens is 240 g/mol. The lowest BCUT2D eigenvalue weighted by atomic mass is 10.1. The fourth-order valence-electron chi connectivity index (χ4n) is 1.39. The predicted octanol–water partition coefficient (Wildman–Crippen LogP) is 0.565. The number of carbonyl (C=O) groups excluding carboxylic acids is 2. The number of benzene rings is 1. The van der Waals surface area contributed by atoms with E-state index in [1.54, 1.807) is 24.3 Å². The van der Waals surface area contributed by atoms with E-state index in [2.05, 4.69) is 5.43 Å². The van der Waals surface area contributed by atoms with E-state index in [0.717, 1.165) is 0 Å². The number of allylic oxidation sites excluding steroid dienone is 1. The van der Waals surface area contributed by atoms with Crippen LogP contribution in [0.25, 0.3) is 0 Å². The molecule has 1 heterocycles. The number of thioether (sulfide) groups is 1. The number of Topliss-reactive ketones (excluding diaryl/α,β-unsaturated/α-hetero) is 1. The van der Waals surface area contributed by atoms with Crippen LogP contribution in [-0.2, 0) is 0 Å². The van der Waals surface area contributed by atoms with Crippen LogP contribution in [0.15, 0.2) is 41.4 Å². The summed E-state index contributed by atoms with van der Waals surface area (Å²) < 4.78 is 0. The molecule has 1 aliphatic rings. The molecule has 0 bridgehead atoms. The summed E-state index contributed by atoms with van der Waals surface area (Å²) in [5.74, 6) is 0.250. The molecule has 17 heavy (non-hydrogen) atoms. The average molecular weight is 249 g/mol. The summed E-state index contributed by atoms with van der Waals surface area (Å²) in [4.78, 5) is 22.8. The molecule has 0 radical (unpaired) electrons. The number of hydrogen-bond acceptors (Lipinski definition) is 5. The summed E-state index contributed by atoms with van der Waals surface area (Å²) >= 11 is 1.28. The molecule has 0 atom stereocenters. The minimum Gasteiger partial charge on any atom is -0.529 e. The summed E-state index contributed by atoms with van der Waals surface area (Å²) in [5.41, 5.74) is 2.65. The van der Waals surface area contributed by atoms with Crippen molar-refractivity contribution in [1.29, 1.82) is 0 Å². The average Bonchev–Trinajstić information content (AvgIpc) is 2.77. The van der Waals surface area contributed by atoms with Gasteiger partial charge in [0.1, 0.15) is 0 Å². The highest BCUT2D eigenvalue weighted by Crippen LogP contribution is 2.27. The molecule has 0 unspecified atom stereocenters. The molecule has 0 aliphatic carbocycles. The lowest BCUT2D eigenvalue weighted by Gasteiger charge is -2.16. The second-order valence-corrected chi connectivity index (χ2v) is 4.32. The van der Waals surface area contributed by atoms with Gasteiger partial charge in [-0.1, -0.05) is 42.1 Å². The van der Waals surface area contributed by atoms with Gasteiger partial charge in [-0.15, -0.1) is 0 Å². The highest BCUT2D eigenvalue weighted by atomic mass is 32.2. The van der Waals surface area contributed by atoms with E-state index in [0.29, 0.717) is 16.3 Å². The zero-order chi connectivity index (χ0) is 12.3. The molecule has 1 aromatic carbocycles. The smallest absolute Gasteiger partial charge is 0.200 e. The molecule has 1 amide bonds. The van der Waals surface area contributed by atoms with Crippen LogP contribution in [0.3, 0.4) is 0 Å². The van der Waals surface area contributed by atoms with Crippen molar-refractivity contribution >= 4 is 23.6 Å². The van der Waals surface area contributed by atoms with Crippen molar-refractivity contribution in [2.75, 3.05) is 5.88 Å². The monoisotopic (exact) mass is 249 g/mol. The number of nitrogens with zero attached hydrogens (tertiary/aromatic N) is 1. The molecule has 5 nitrogen and oxygen atoms in total. The molecule has 6 heteroatoms. The normalized spacial score (nSPS) is 14.4. The third kappa shape index (κ3) is 2.79. The minimum absolute atomic E-state index is 0.113. The second kappa shape index (κ2) is 4.92. The number of rotatable bonds is 3. The maximum Gasteiger partial charge on any atom is 0.200 e. The number of amides is 1. The Hall–Kier alpha value is -1.95. The van der Waals surface area contributed by atoms with Crippen LogP contribution in [0.1, 0.15) is 10.4 Å². The Bertz CT molecular complexity index is 473. The summed E-state index contributed by atoms with van der Waals surface area (Å²) in [5, 5.41) is 11.6. The van der Waals surface area contributed by atoms with Crippen molar-refractivity contribution in [3.8, 4) is 0 Å². The van der Waals surface area contributed by atoms with Crippen molar-refractivity contribution in [2.24, 2.45) is 0 Å². The molecule has 0 saturated heterocycles. The van der Waals surface area contributed by atoms with Crippen molar-refractivity contribution < 1.29 is 14.7 Å². The summed E-state index contributed by atoms with van der Waals surface area (Å²) in [6.45, 7) is 0. The maximum atomic E-state index is 12.0. The first kappa shape index (κ1) is 11.5. The molecule has 0 fully saturated rings. The van der Waals surface area contributed by atoms with Crippen LogP contribution in [0.2, 0.25) is 0 Å². The van der Waals surface area contributed by atoms with E-state index in [9.17, 15) is 14.7 Å². The number of carbonyl (C=O) groups is 2. The van der Waals surface area contributed by atoms with Gasteiger partial charge in [-0.3, -0.25) is 15.2 Å². The molecule has 88 valence electrons. The molecule has 2 rings (SSSR count). The van der Waals surface area contributed by atoms with Gasteiger partial charge >= 0.3 is 0 Å². The number of hydrazine groups is 1. The highest BCUT2D eigenvalue weighted by molar-refractivity contribution is 8.04. The van der Waals surface area contributed by atoms with Crippen molar-refractivity contribution in [1.82, 2.24) is 10.4 Å². The Morgan fingerprint density at radius 3 is 2.65 bits per heavy atom. The Kier molecular flexibility index (Phi) is 3.34. The van der Waals surface area contributed by atoms with Gasteiger partial charge < -0.3 is 9.90 Å². The number of ketones is 1. The highest BCUT2D eigenvalue weighted by Gasteiger charge is 2.20. The third-order valence-electron chi connectivity index (χ3n) is 2.13. The van der Waals surface area contributed by atoms with E-state index in [4.69, 9.17) is 0 Å². The molecule has 0 saturated carbocycles. The predicted molar refractivity (Wildman–Crippen MR) is 61.7 cm³/mol. The van der Waals surface area contributed by atoms with Gasteiger partial charge in [-0.05, 0) is 0 Å². The van der Waals surface area contributed by atoms with Gasteiger partial charge in [0.25, 0.3) is 0 Å². The fraction of sp³-hybridized carbons (Fsp3) is 0.0909. The first-order valence-electron chi connectivity index (χ1n) is 4.85. The van der Waals surface area contributed by atoms with E-state index in [1.165, 1.54) is 23.0 Å². The summed E-state index contributed by atoms with van der Waals surface area (Å²) in [6, 6.07) is 8.84. The van der Waals surface area contributed by atoms with Crippen molar-refractivity contribution in [2.45, 2.75) is 0 Å². The van der Waals surface area contributed by atoms with Crippen LogP contribution < -0.4 is 10.5 Å². The number of carboxylic acid groups (broad SMARTS) is 1. The van der Waals surface area contributed by atoms with Gasteiger partial charge in [0, 0.05) is 11.8 Å². The van der Waals surface area contributed by atoms with Gasteiger partial charge in [-0.25, -0.2) is 0 Å². The number of hydrogen-bond donors (Lipinski definition) is 1. The molecule has 0 aromatic heterocycles. The Morgan fingerprint density at radius 2 is 2.00 bits per heavy atom. The zero-order valence-electron chi connectivity index (χ0n) is 8.75. The van der Waals surface area contributed by atoms with Gasteiger partial charge in [0.05, 0.1) is 10.8 Å². The van der Waals surface area contributed by atoms with Crippen molar-refractivity contribution in [3.63, 3.8) is 0 Å². The molecule has 1 aromatic rings. The Morgan fingerprint density at radius 1 is 1.29 bits per heavy atom. The standard InChI is InChI=1S/C11H10N2O3S/c14-10(8-4-2-1-3-5-8)9-6-13(7-17-9)12-11(15)16/h1-6,12H,7H2,(H,15,16)/p-1. The van der Waals surface area contributed by atoms with Crippen LogP contribution in [0.4, 0.5) is 4.79 Å². The number of nitrogens with one attached hydrogen (secondary N) is 1. The first-order valence-corrected chi connectivity index (χ1v) is 5.84. The van der Waals surface area contributed by atoms with E-state index < -0.39 is 6.09 Å². The Labute approximate surface area is 102 Å². The van der Waals surface area contributed by atoms with Crippen LogP contribution in [-0.4, -0.2) is 22.8 Å². The van der Waals surface area contributed by atoms with Gasteiger partial charge in [0.2, 0.25) is 5.78 Å². The lowest BCUT2D eigenvalue weighted by Crippen LogP contribution is -2.44. The SMILES string of the molecule is O=C([O-])NN1C=C(C(=O)c2ccccc2)SC1.